The maximum Gasteiger partial charge on any atom is 0.190 e. The SMILES string of the molecule is CN=C(NCCc1c(C)[nH]c2ccccc12)NCC(C)CN1CCOCC1.I. The van der Waals surface area contributed by atoms with Crippen molar-refractivity contribution in [1.29, 1.82) is 0 Å². The van der Waals surface area contributed by atoms with Gasteiger partial charge < -0.3 is 20.4 Å². The first-order valence-corrected chi connectivity index (χ1v) is 9.98. The van der Waals surface area contributed by atoms with Crippen LogP contribution in [0.1, 0.15) is 18.2 Å². The maximum absolute atomic E-state index is 5.42. The van der Waals surface area contributed by atoms with Gasteiger partial charge in [0.05, 0.1) is 13.2 Å². The van der Waals surface area contributed by atoms with Crippen molar-refractivity contribution < 1.29 is 4.74 Å². The molecule has 1 aliphatic heterocycles. The Morgan fingerprint density at radius 3 is 2.75 bits per heavy atom. The lowest BCUT2D eigenvalue weighted by molar-refractivity contribution is 0.0320. The Bertz CT molecular complexity index is 754. The summed E-state index contributed by atoms with van der Waals surface area (Å²) in [5.74, 6) is 1.44. The van der Waals surface area contributed by atoms with Crippen LogP contribution in [-0.2, 0) is 11.2 Å². The number of nitrogens with zero attached hydrogens (tertiary/aromatic N) is 2. The monoisotopic (exact) mass is 499 g/mol. The maximum atomic E-state index is 5.42. The number of hydrogen-bond acceptors (Lipinski definition) is 3. The van der Waals surface area contributed by atoms with Gasteiger partial charge in [-0.1, -0.05) is 25.1 Å². The Morgan fingerprint density at radius 1 is 1.25 bits per heavy atom. The highest BCUT2D eigenvalue weighted by atomic mass is 127. The summed E-state index contributed by atoms with van der Waals surface area (Å²) in [5, 5.41) is 8.23. The lowest BCUT2D eigenvalue weighted by Gasteiger charge is -2.29. The zero-order valence-electron chi connectivity index (χ0n) is 17.3. The first-order chi connectivity index (χ1) is 13.2. The van der Waals surface area contributed by atoms with Crippen LogP contribution in [0, 0.1) is 12.8 Å². The number of ether oxygens (including phenoxy) is 1. The van der Waals surface area contributed by atoms with Gasteiger partial charge >= 0.3 is 0 Å². The summed E-state index contributed by atoms with van der Waals surface area (Å²) in [6.07, 6.45) is 0.972. The molecular formula is C21H34IN5O. The molecule has 1 aromatic carbocycles. The fraction of sp³-hybridized carbons (Fsp3) is 0.571. The van der Waals surface area contributed by atoms with E-state index in [0.717, 1.165) is 58.3 Å². The van der Waals surface area contributed by atoms with Crippen molar-refractivity contribution in [2.24, 2.45) is 10.9 Å². The number of aromatic amines is 1. The summed E-state index contributed by atoms with van der Waals surface area (Å²) >= 11 is 0. The Balaban J connectivity index is 0.00000280. The number of aromatic nitrogens is 1. The van der Waals surface area contributed by atoms with E-state index in [9.17, 15) is 0 Å². The van der Waals surface area contributed by atoms with Crippen LogP contribution in [0.5, 0.6) is 0 Å². The van der Waals surface area contributed by atoms with Crippen molar-refractivity contribution in [3.8, 4) is 0 Å². The third-order valence-corrected chi connectivity index (χ3v) is 5.21. The van der Waals surface area contributed by atoms with Gasteiger partial charge in [-0.2, -0.15) is 0 Å². The van der Waals surface area contributed by atoms with Gasteiger partial charge in [-0.15, -0.1) is 24.0 Å². The van der Waals surface area contributed by atoms with Crippen LogP contribution < -0.4 is 10.6 Å². The van der Waals surface area contributed by atoms with Gasteiger partial charge in [-0.05, 0) is 30.9 Å². The minimum Gasteiger partial charge on any atom is -0.379 e. The molecule has 156 valence electrons. The van der Waals surface area contributed by atoms with E-state index >= 15 is 0 Å². The van der Waals surface area contributed by atoms with E-state index in [1.165, 1.54) is 22.2 Å². The van der Waals surface area contributed by atoms with Gasteiger partial charge in [-0.3, -0.25) is 9.89 Å². The molecule has 1 unspecified atom stereocenters. The topological polar surface area (TPSA) is 64.7 Å². The molecule has 1 aromatic heterocycles. The van der Waals surface area contributed by atoms with Crippen molar-refractivity contribution in [3.05, 3.63) is 35.5 Å². The van der Waals surface area contributed by atoms with Gasteiger partial charge in [0.2, 0.25) is 0 Å². The number of para-hydroxylation sites is 1. The lowest BCUT2D eigenvalue weighted by atomic mass is 10.1. The number of hydrogen-bond donors (Lipinski definition) is 3. The largest absolute Gasteiger partial charge is 0.379 e. The normalized spacial score (nSPS) is 16.6. The Kier molecular flexibility index (Phi) is 9.53. The zero-order chi connectivity index (χ0) is 19.1. The summed E-state index contributed by atoms with van der Waals surface area (Å²) < 4.78 is 5.42. The molecule has 0 spiro atoms. The molecule has 0 bridgehead atoms. The molecule has 6 nitrogen and oxygen atoms in total. The van der Waals surface area contributed by atoms with E-state index in [1.807, 2.05) is 7.05 Å². The van der Waals surface area contributed by atoms with Crippen molar-refractivity contribution in [1.82, 2.24) is 20.5 Å². The number of H-pyrrole nitrogens is 1. The van der Waals surface area contributed by atoms with Gasteiger partial charge in [0.1, 0.15) is 0 Å². The molecule has 3 rings (SSSR count). The van der Waals surface area contributed by atoms with E-state index in [1.54, 1.807) is 0 Å². The second-order valence-corrected chi connectivity index (χ2v) is 7.42. The minimum absolute atomic E-state index is 0. The fourth-order valence-electron chi connectivity index (χ4n) is 3.74. The molecule has 2 heterocycles. The van der Waals surface area contributed by atoms with E-state index in [2.05, 4.69) is 63.6 Å². The molecular weight excluding hydrogens is 465 g/mol. The van der Waals surface area contributed by atoms with Crippen LogP contribution >= 0.6 is 24.0 Å². The molecule has 28 heavy (non-hydrogen) atoms. The predicted molar refractivity (Wildman–Crippen MR) is 128 cm³/mol. The third kappa shape index (κ3) is 6.35. The Hall–Kier alpha value is -1.32. The summed E-state index contributed by atoms with van der Waals surface area (Å²) in [6, 6.07) is 8.50. The van der Waals surface area contributed by atoms with Gasteiger partial charge in [0, 0.05) is 56.4 Å². The van der Waals surface area contributed by atoms with E-state index in [-0.39, 0.29) is 24.0 Å². The van der Waals surface area contributed by atoms with Crippen molar-refractivity contribution in [3.63, 3.8) is 0 Å². The van der Waals surface area contributed by atoms with E-state index in [0.29, 0.717) is 5.92 Å². The minimum atomic E-state index is 0. The first-order valence-electron chi connectivity index (χ1n) is 9.98. The van der Waals surface area contributed by atoms with Crippen LogP contribution in [0.2, 0.25) is 0 Å². The molecule has 1 fully saturated rings. The predicted octanol–water partition coefficient (Wildman–Crippen LogP) is 2.77. The number of guanidine groups is 1. The number of aliphatic imine (C=N–C) groups is 1. The number of rotatable bonds is 7. The van der Waals surface area contributed by atoms with Crippen molar-refractivity contribution in [2.45, 2.75) is 20.3 Å². The van der Waals surface area contributed by atoms with Crippen molar-refractivity contribution in [2.75, 3.05) is 53.0 Å². The standard InChI is InChI=1S/C21H33N5O.HI/c1-16(15-26-10-12-27-13-11-26)14-24-21(22-3)23-9-8-18-17(2)25-20-7-5-4-6-19(18)20;/h4-7,16,25H,8-15H2,1-3H3,(H2,22,23,24);1H. The molecule has 0 amide bonds. The molecule has 0 saturated carbocycles. The average Bonchev–Trinajstić information content (AvgIpc) is 3.00. The number of halogens is 1. The molecule has 0 aliphatic carbocycles. The number of nitrogens with one attached hydrogen (secondary N) is 3. The molecule has 1 atom stereocenters. The Labute approximate surface area is 185 Å². The van der Waals surface area contributed by atoms with E-state index in [4.69, 9.17) is 4.74 Å². The molecule has 1 aliphatic rings. The molecule has 2 aromatic rings. The highest BCUT2D eigenvalue weighted by molar-refractivity contribution is 14.0. The number of fused-ring (bicyclic) bond motifs is 1. The summed E-state index contributed by atoms with van der Waals surface area (Å²) in [6.45, 7) is 11.1. The summed E-state index contributed by atoms with van der Waals surface area (Å²) in [5.41, 5.74) is 3.85. The second-order valence-electron chi connectivity index (χ2n) is 7.42. The third-order valence-electron chi connectivity index (χ3n) is 5.21. The number of aryl methyl sites for hydroxylation is 1. The van der Waals surface area contributed by atoms with Crippen LogP contribution in [0.15, 0.2) is 29.3 Å². The number of morpholine rings is 1. The fourth-order valence-corrected chi connectivity index (χ4v) is 3.74. The number of benzene rings is 1. The second kappa shape index (κ2) is 11.6. The van der Waals surface area contributed by atoms with Crippen molar-refractivity contribution >= 4 is 40.8 Å². The smallest absolute Gasteiger partial charge is 0.190 e. The molecule has 7 heteroatoms. The van der Waals surface area contributed by atoms with Crippen LogP contribution in [-0.4, -0.2) is 68.8 Å². The highest BCUT2D eigenvalue weighted by Gasteiger charge is 2.14. The molecule has 0 radical (unpaired) electrons. The van der Waals surface area contributed by atoms with Gasteiger partial charge in [-0.25, -0.2) is 0 Å². The van der Waals surface area contributed by atoms with Crippen LogP contribution in [0.4, 0.5) is 0 Å². The lowest BCUT2D eigenvalue weighted by Crippen LogP contribution is -2.44. The quantitative estimate of drug-likeness (QED) is 0.312. The molecule has 1 saturated heterocycles. The Morgan fingerprint density at radius 2 is 2.00 bits per heavy atom. The summed E-state index contributed by atoms with van der Waals surface area (Å²) in [4.78, 5) is 10.3. The van der Waals surface area contributed by atoms with E-state index < -0.39 is 0 Å². The molecule has 3 N–H and O–H groups in total. The summed E-state index contributed by atoms with van der Waals surface area (Å²) in [7, 11) is 1.83. The van der Waals surface area contributed by atoms with Crippen LogP contribution in [0.25, 0.3) is 10.9 Å². The average molecular weight is 499 g/mol. The van der Waals surface area contributed by atoms with Gasteiger partial charge in [0.15, 0.2) is 5.96 Å². The first kappa shape index (κ1) is 23.0. The van der Waals surface area contributed by atoms with Crippen LogP contribution in [0.3, 0.4) is 0 Å². The highest BCUT2D eigenvalue weighted by Crippen LogP contribution is 2.21. The van der Waals surface area contributed by atoms with Gasteiger partial charge in [0.25, 0.3) is 0 Å². The zero-order valence-corrected chi connectivity index (χ0v) is 19.6.